The van der Waals surface area contributed by atoms with Crippen molar-refractivity contribution in [3.63, 3.8) is 0 Å². The summed E-state index contributed by atoms with van der Waals surface area (Å²) in [4.78, 5) is 14.7. The number of nitro groups is 1. The Morgan fingerprint density at radius 2 is 2.05 bits per heavy atom. The third-order valence-corrected chi connectivity index (χ3v) is 3.68. The van der Waals surface area contributed by atoms with Crippen LogP contribution in [0.15, 0.2) is 12.1 Å². The zero-order chi connectivity index (χ0) is 14.3. The van der Waals surface area contributed by atoms with E-state index < -0.39 is 4.92 Å². The highest BCUT2D eigenvalue weighted by Crippen LogP contribution is 2.20. The highest BCUT2D eigenvalue weighted by atomic mass is 32.2. The Balaban J connectivity index is 2.73. The van der Waals surface area contributed by atoms with E-state index in [0.29, 0.717) is 23.4 Å². The van der Waals surface area contributed by atoms with E-state index in [4.69, 9.17) is 0 Å². The number of pyridine rings is 1. The molecule has 0 fully saturated rings. The summed E-state index contributed by atoms with van der Waals surface area (Å²) in [6.07, 6.45) is 3.06. The molecule has 106 valence electrons. The van der Waals surface area contributed by atoms with Gasteiger partial charge in [0.15, 0.2) is 0 Å². The van der Waals surface area contributed by atoms with Crippen LogP contribution in [0, 0.1) is 10.1 Å². The lowest BCUT2D eigenvalue weighted by atomic mass is 10.3. The lowest BCUT2D eigenvalue weighted by Gasteiger charge is -2.11. The maximum atomic E-state index is 10.9. The number of nitrogens with one attached hydrogen (secondary N) is 2. The van der Waals surface area contributed by atoms with Gasteiger partial charge in [0.25, 0.3) is 5.69 Å². The van der Waals surface area contributed by atoms with Gasteiger partial charge in [-0.05, 0) is 19.6 Å². The molecule has 0 aliphatic rings. The van der Waals surface area contributed by atoms with E-state index in [1.807, 2.05) is 6.92 Å². The van der Waals surface area contributed by atoms with Crippen molar-refractivity contribution in [2.24, 2.45) is 0 Å². The normalized spacial score (nSPS) is 11.9. The summed E-state index contributed by atoms with van der Waals surface area (Å²) in [5, 5.41) is 17.5. The first-order valence-electron chi connectivity index (χ1n) is 6.23. The number of anilines is 2. The third-order valence-electron chi connectivity index (χ3n) is 2.64. The highest BCUT2D eigenvalue weighted by molar-refractivity contribution is 7.99. The molecular weight excluding hydrogens is 264 g/mol. The van der Waals surface area contributed by atoms with Crippen molar-refractivity contribution in [2.75, 3.05) is 30.0 Å². The smallest absolute Gasteiger partial charge is 0.276 e. The monoisotopic (exact) mass is 284 g/mol. The molecule has 1 heterocycles. The maximum Gasteiger partial charge on any atom is 0.276 e. The van der Waals surface area contributed by atoms with Crippen molar-refractivity contribution in [1.29, 1.82) is 0 Å². The fourth-order valence-corrected chi connectivity index (χ4v) is 1.86. The molecule has 0 aromatic carbocycles. The fraction of sp³-hybridized carbons (Fsp3) is 0.583. The van der Waals surface area contributed by atoms with Crippen LogP contribution in [-0.4, -0.2) is 34.5 Å². The van der Waals surface area contributed by atoms with Gasteiger partial charge in [-0.3, -0.25) is 10.1 Å². The summed E-state index contributed by atoms with van der Waals surface area (Å²) < 4.78 is 0. The quantitative estimate of drug-likeness (QED) is 0.564. The molecule has 0 aliphatic carbocycles. The molecule has 2 N–H and O–H groups in total. The van der Waals surface area contributed by atoms with Crippen LogP contribution in [-0.2, 0) is 0 Å². The highest BCUT2D eigenvalue weighted by Gasteiger charge is 2.11. The van der Waals surface area contributed by atoms with E-state index in [1.165, 1.54) is 12.1 Å². The van der Waals surface area contributed by atoms with E-state index in [1.54, 1.807) is 11.8 Å². The molecule has 19 heavy (non-hydrogen) atoms. The molecule has 1 atom stereocenters. The number of rotatable bonds is 8. The summed E-state index contributed by atoms with van der Waals surface area (Å²) in [5.41, 5.74) is 0.0476. The van der Waals surface area contributed by atoms with Crippen LogP contribution in [0.5, 0.6) is 0 Å². The van der Waals surface area contributed by atoms with Gasteiger partial charge < -0.3 is 10.6 Å². The molecule has 6 nitrogen and oxygen atoms in total. The SMILES string of the molecule is CCNc1cc([N+](=O)[O-])cc(NCCC(C)SC)n1. The lowest BCUT2D eigenvalue weighted by molar-refractivity contribution is -0.384. The van der Waals surface area contributed by atoms with Gasteiger partial charge in [0.2, 0.25) is 0 Å². The average molecular weight is 284 g/mol. The summed E-state index contributed by atoms with van der Waals surface area (Å²) in [6.45, 7) is 5.50. The van der Waals surface area contributed by atoms with E-state index in [9.17, 15) is 10.1 Å². The minimum atomic E-state index is -0.405. The second kappa shape index (κ2) is 7.83. The first-order chi connectivity index (χ1) is 9.06. The van der Waals surface area contributed by atoms with Crippen LogP contribution in [0.1, 0.15) is 20.3 Å². The molecule has 0 amide bonds. The van der Waals surface area contributed by atoms with Crippen LogP contribution in [0.2, 0.25) is 0 Å². The van der Waals surface area contributed by atoms with Crippen LogP contribution >= 0.6 is 11.8 Å². The molecule has 1 rings (SSSR count). The Kier molecular flexibility index (Phi) is 6.41. The summed E-state index contributed by atoms with van der Waals surface area (Å²) in [6, 6.07) is 2.91. The van der Waals surface area contributed by atoms with E-state index in [0.717, 1.165) is 13.0 Å². The maximum absolute atomic E-state index is 10.9. The molecule has 0 saturated heterocycles. The molecule has 7 heteroatoms. The van der Waals surface area contributed by atoms with Gasteiger partial charge in [-0.15, -0.1) is 0 Å². The molecule has 0 bridgehead atoms. The Bertz CT molecular complexity index is 428. The summed E-state index contributed by atoms with van der Waals surface area (Å²) in [5.74, 6) is 1.07. The standard InChI is InChI=1S/C12H20N4O2S/c1-4-13-11-7-10(16(17)18)8-12(15-11)14-6-5-9(2)19-3/h7-9H,4-6H2,1-3H3,(H2,13,14,15). The average Bonchev–Trinajstić information content (AvgIpc) is 2.38. The number of nitrogens with zero attached hydrogens (tertiary/aromatic N) is 2. The van der Waals surface area contributed by atoms with Crippen LogP contribution in [0.4, 0.5) is 17.3 Å². The molecule has 1 aromatic rings. The first kappa shape index (κ1) is 15.6. The third kappa shape index (κ3) is 5.34. The second-order valence-electron chi connectivity index (χ2n) is 4.15. The summed E-state index contributed by atoms with van der Waals surface area (Å²) >= 11 is 1.80. The van der Waals surface area contributed by atoms with E-state index in [-0.39, 0.29) is 5.69 Å². The van der Waals surface area contributed by atoms with Crippen molar-refractivity contribution in [1.82, 2.24) is 4.98 Å². The van der Waals surface area contributed by atoms with Gasteiger partial charge in [0.1, 0.15) is 11.6 Å². The zero-order valence-electron chi connectivity index (χ0n) is 11.5. The van der Waals surface area contributed by atoms with Gasteiger partial charge in [-0.25, -0.2) is 4.98 Å². The van der Waals surface area contributed by atoms with Crippen molar-refractivity contribution in [3.8, 4) is 0 Å². The predicted octanol–water partition coefficient (Wildman–Crippen LogP) is 2.98. The Hall–Kier alpha value is -1.50. The Morgan fingerprint density at radius 3 is 2.58 bits per heavy atom. The van der Waals surface area contributed by atoms with Crippen LogP contribution in [0.3, 0.4) is 0 Å². The van der Waals surface area contributed by atoms with Gasteiger partial charge in [-0.2, -0.15) is 11.8 Å². The van der Waals surface area contributed by atoms with Crippen molar-refractivity contribution in [3.05, 3.63) is 22.2 Å². The second-order valence-corrected chi connectivity index (χ2v) is 5.42. The minimum absolute atomic E-state index is 0.0476. The first-order valence-corrected chi connectivity index (χ1v) is 7.52. The van der Waals surface area contributed by atoms with Gasteiger partial charge in [-0.1, -0.05) is 6.92 Å². The number of hydrogen-bond donors (Lipinski definition) is 2. The fourth-order valence-electron chi connectivity index (χ4n) is 1.51. The topological polar surface area (TPSA) is 80.1 Å². The van der Waals surface area contributed by atoms with Crippen molar-refractivity contribution in [2.45, 2.75) is 25.5 Å². The lowest BCUT2D eigenvalue weighted by Crippen LogP contribution is -2.10. The Labute approximate surface area is 117 Å². The molecule has 0 radical (unpaired) electrons. The number of thioether (sulfide) groups is 1. The summed E-state index contributed by atoms with van der Waals surface area (Å²) in [7, 11) is 0. The molecule has 0 spiro atoms. The number of hydrogen-bond acceptors (Lipinski definition) is 6. The van der Waals surface area contributed by atoms with Crippen LogP contribution in [0.25, 0.3) is 0 Å². The van der Waals surface area contributed by atoms with Gasteiger partial charge in [0, 0.05) is 18.3 Å². The largest absolute Gasteiger partial charge is 0.370 e. The van der Waals surface area contributed by atoms with Crippen LogP contribution < -0.4 is 10.6 Å². The Morgan fingerprint density at radius 1 is 1.42 bits per heavy atom. The van der Waals surface area contributed by atoms with Crippen molar-refractivity contribution >= 4 is 29.1 Å². The van der Waals surface area contributed by atoms with E-state index in [2.05, 4.69) is 28.8 Å². The molecule has 0 saturated carbocycles. The zero-order valence-corrected chi connectivity index (χ0v) is 12.3. The molecule has 0 aliphatic heterocycles. The van der Waals surface area contributed by atoms with E-state index >= 15 is 0 Å². The molecule has 1 unspecified atom stereocenters. The molecular formula is C12H20N4O2S. The van der Waals surface area contributed by atoms with Gasteiger partial charge >= 0.3 is 0 Å². The predicted molar refractivity (Wildman–Crippen MR) is 81.1 cm³/mol. The van der Waals surface area contributed by atoms with Crippen molar-refractivity contribution < 1.29 is 4.92 Å². The minimum Gasteiger partial charge on any atom is -0.370 e. The molecule has 1 aromatic heterocycles. The van der Waals surface area contributed by atoms with Gasteiger partial charge in [0.05, 0.1) is 17.1 Å². The number of aromatic nitrogens is 1.